The van der Waals surface area contributed by atoms with E-state index < -0.39 is 0 Å². The second-order valence-corrected chi connectivity index (χ2v) is 7.20. The Kier molecular flexibility index (Phi) is 5.92. The Morgan fingerprint density at radius 3 is 2.84 bits per heavy atom. The first kappa shape index (κ1) is 18.2. The molecule has 1 saturated heterocycles. The summed E-state index contributed by atoms with van der Waals surface area (Å²) in [6.45, 7) is 0.711. The van der Waals surface area contributed by atoms with Gasteiger partial charge in [-0.3, -0.25) is 4.79 Å². The van der Waals surface area contributed by atoms with Gasteiger partial charge in [-0.1, -0.05) is 36.0 Å². The molecule has 25 heavy (non-hydrogen) atoms. The van der Waals surface area contributed by atoms with E-state index in [1.165, 1.54) is 0 Å². The lowest BCUT2D eigenvalue weighted by atomic mass is 10.1. The van der Waals surface area contributed by atoms with E-state index in [1.54, 1.807) is 18.2 Å². The highest BCUT2D eigenvalue weighted by Gasteiger charge is 2.28. The van der Waals surface area contributed by atoms with Gasteiger partial charge < -0.3 is 14.2 Å². The molecule has 1 fully saturated rings. The maximum atomic E-state index is 12.9. The molecule has 1 aromatic heterocycles. The lowest BCUT2D eigenvalue weighted by molar-refractivity contribution is -0.136. The Bertz CT molecular complexity index is 745. The van der Waals surface area contributed by atoms with Crippen molar-refractivity contribution in [2.75, 3.05) is 13.2 Å². The van der Waals surface area contributed by atoms with Gasteiger partial charge >= 0.3 is 0 Å². The van der Waals surface area contributed by atoms with Crippen molar-refractivity contribution in [3.63, 3.8) is 0 Å². The number of nitrogens with zero attached hydrogens (tertiary/aromatic N) is 2. The number of aryl methyl sites for hydroxylation is 1. The molecule has 0 aliphatic carbocycles. The number of hydrogen-bond acceptors (Lipinski definition) is 2. The van der Waals surface area contributed by atoms with Crippen LogP contribution in [-0.2, 0) is 11.8 Å². The lowest BCUT2D eigenvalue weighted by Crippen LogP contribution is -2.38. The molecular weight excluding hydrogens is 359 g/mol. The Labute approximate surface area is 158 Å². The predicted octanol–water partition coefficient (Wildman–Crippen LogP) is 4.85. The maximum Gasteiger partial charge on any atom is 0.261 e. The summed E-state index contributed by atoms with van der Waals surface area (Å²) >= 11 is 12.1. The smallest absolute Gasteiger partial charge is 0.261 e. The number of ether oxygens (including phenoxy) is 1. The van der Waals surface area contributed by atoms with Crippen molar-refractivity contribution in [2.45, 2.75) is 31.7 Å². The first-order chi connectivity index (χ1) is 12.1. The summed E-state index contributed by atoms with van der Waals surface area (Å²) in [6, 6.07) is 9.19. The van der Waals surface area contributed by atoms with Crippen LogP contribution in [0.2, 0.25) is 10.0 Å². The van der Waals surface area contributed by atoms with Crippen molar-refractivity contribution in [2.24, 2.45) is 7.05 Å². The zero-order valence-electron chi connectivity index (χ0n) is 14.3. The average Bonchev–Trinajstić information content (AvgIpc) is 2.87. The number of halogens is 2. The summed E-state index contributed by atoms with van der Waals surface area (Å²) in [5.74, 6) is 0.414. The summed E-state index contributed by atoms with van der Waals surface area (Å²) < 4.78 is 7.74. The number of rotatable bonds is 4. The summed E-state index contributed by atoms with van der Waals surface area (Å²) in [7, 11) is 2.02. The van der Waals surface area contributed by atoms with Gasteiger partial charge in [0.05, 0.1) is 11.1 Å². The van der Waals surface area contributed by atoms with Gasteiger partial charge in [0, 0.05) is 36.6 Å². The van der Waals surface area contributed by atoms with Crippen LogP contribution in [0.3, 0.4) is 0 Å². The van der Waals surface area contributed by atoms with Crippen LogP contribution in [0.15, 0.2) is 36.5 Å². The number of carbonyl (C=O) groups excluding carboxylic acids is 1. The highest BCUT2D eigenvalue weighted by atomic mass is 35.5. The van der Waals surface area contributed by atoms with Crippen molar-refractivity contribution in [1.29, 1.82) is 0 Å². The third kappa shape index (κ3) is 4.31. The molecule has 2 heterocycles. The van der Waals surface area contributed by atoms with Gasteiger partial charge in [-0.2, -0.15) is 0 Å². The summed E-state index contributed by atoms with van der Waals surface area (Å²) in [5, 5.41) is 0.982. The number of hydrogen-bond donors (Lipinski definition) is 0. The Hall–Kier alpha value is -1.65. The van der Waals surface area contributed by atoms with Crippen LogP contribution < -0.4 is 4.74 Å². The van der Waals surface area contributed by atoms with E-state index >= 15 is 0 Å². The van der Waals surface area contributed by atoms with Gasteiger partial charge in [0.2, 0.25) is 0 Å². The quantitative estimate of drug-likeness (QED) is 0.759. The maximum absolute atomic E-state index is 12.9. The number of amides is 1. The summed E-state index contributed by atoms with van der Waals surface area (Å²) in [4.78, 5) is 14.8. The molecular formula is C19H22Cl2N2O2. The summed E-state index contributed by atoms with van der Waals surface area (Å²) in [5.41, 5.74) is 1.16. The normalized spacial score (nSPS) is 18.0. The monoisotopic (exact) mass is 380 g/mol. The molecule has 6 heteroatoms. The largest absolute Gasteiger partial charge is 0.482 e. The molecule has 0 radical (unpaired) electrons. The van der Waals surface area contributed by atoms with E-state index in [0.717, 1.165) is 37.9 Å². The molecule has 0 saturated carbocycles. The molecule has 0 N–H and O–H groups in total. The van der Waals surface area contributed by atoms with Crippen molar-refractivity contribution < 1.29 is 9.53 Å². The van der Waals surface area contributed by atoms with Crippen molar-refractivity contribution in [3.05, 3.63) is 52.3 Å². The Balaban J connectivity index is 1.74. The molecule has 1 aliphatic heterocycles. The van der Waals surface area contributed by atoms with Crippen LogP contribution in [0.4, 0.5) is 0 Å². The van der Waals surface area contributed by atoms with Gasteiger partial charge in [0.25, 0.3) is 5.91 Å². The van der Waals surface area contributed by atoms with Crippen molar-refractivity contribution in [1.82, 2.24) is 9.47 Å². The fraction of sp³-hybridized carbons (Fsp3) is 0.421. The third-order valence-electron chi connectivity index (χ3n) is 4.64. The van der Waals surface area contributed by atoms with E-state index in [9.17, 15) is 4.79 Å². The minimum Gasteiger partial charge on any atom is -0.482 e. The van der Waals surface area contributed by atoms with E-state index in [0.29, 0.717) is 15.8 Å². The minimum absolute atomic E-state index is 0.0239. The van der Waals surface area contributed by atoms with Gasteiger partial charge in [-0.15, -0.1) is 0 Å². The molecule has 0 unspecified atom stereocenters. The third-order valence-corrected chi connectivity index (χ3v) is 5.19. The highest BCUT2D eigenvalue weighted by molar-refractivity contribution is 6.34. The first-order valence-electron chi connectivity index (χ1n) is 8.55. The second-order valence-electron chi connectivity index (χ2n) is 6.36. The Morgan fingerprint density at radius 1 is 1.24 bits per heavy atom. The fourth-order valence-electron chi connectivity index (χ4n) is 3.35. The molecule has 0 spiro atoms. The zero-order chi connectivity index (χ0) is 17.8. The molecule has 134 valence electrons. The van der Waals surface area contributed by atoms with Gasteiger partial charge in [-0.05, 0) is 37.1 Å². The van der Waals surface area contributed by atoms with Crippen LogP contribution in [0.25, 0.3) is 0 Å². The SMILES string of the molecule is Cn1cccc1[C@@H]1CCCCCN1C(=O)COc1cc(Cl)ccc1Cl. The molecule has 1 aromatic carbocycles. The van der Waals surface area contributed by atoms with Crippen LogP contribution in [0.5, 0.6) is 5.75 Å². The first-order valence-corrected chi connectivity index (χ1v) is 9.30. The predicted molar refractivity (Wildman–Crippen MR) is 100 cm³/mol. The minimum atomic E-state index is -0.0407. The Morgan fingerprint density at radius 2 is 2.08 bits per heavy atom. The van der Waals surface area contributed by atoms with Gasteiger partial charge in [0.15, 0.2) is 6.61 Å². The molecule has 1 aliphatic rings. The van der Waals surface area contributed by atoms with E-state index in [1.807, 2.05) is 24.2 Å². The van der Waals surface area contributed by atoms with Crippen LogP contribution in [-0.4, -0.2) is 28.5 Å². The molecule has 4 nitrogen and oxygen atoms in total. The molecule has 2 aromatic rings. The zero-order valence-corrected chi connectivity index (χ0v) is 15.8. The van der Waals surface area contributed by atoms with Crippen molar-refractivity contribution >= 4 is 29.1 Å². The van der Waals surface area contributed by atoms with Crippen LogP contribution >= 0.6 is 23.2 Å². The topological polar surface area (TPSA) is 34.5 Å². The van der Waals surface area contributed by atoms with E-state index in [4.69, 9.17) is 27.9 Å². The number of carbonyl (C=O) groups is 1. The highest BCUT2D eigenvalue weighted by Crippen LogP contribution is 2.31. The lowest BCUT2D eigenvalue weighted by Gasteiger charge is -2.30. The molecule has 0 bridgehead atoms. The molecule has 3 rings (SSSR count). The molecule has 1 atom stereocenters. The van der Waals surface area contributed by atoms with E-state index in [2.05, 4.69) is 10.6 Å². The van der Waals surface area contributed by atoms with Crippen LogP contribution in [0, 0.1) is 0 Å². The van der Waals surface area contributed by atoms with Gasteiger partial charge in [-0.25, -0.2) is 0 Å². The van der Waals surface area contributed by atoms with Crippen LogP contribution in [0.1, 0.15) is 37.4 Å². The number of benzene rings is 1. The molecule has 1 amide bonds. The van der Waals surface area contributed by atoms with E-state index in [-0.39, 0.29) is 18.6 Å². The van der Waals surface area contributed by atoms with Crippen molar-refractivity contribution in [3.8, 4) is 5.75 Å². The average molecular weight is 381 g/mol. The fourth-order valence-corrected chi connectivity index (χ4v) is 3.68. The standard InChI is InChI=1S/C19H22Cl2N2O2/c1-22-10-5-7-16(22)17-6-3-2-4-11-23(17)19(24)13-25-18-12-14(20)8-9-15(18)21/h5,7-10,12,17H,2-4,6,11,13H2,1H3/t17-/m0/s1. The number of aromatic nitrogens is 1. The van der Waals surface area contributed by atoms with Gasteiger partial charge in [0.1, 0.15) is 5.75 Å². The summed E-state index contributed by atoms with van der Waals surface area (Å²) in [6.07, 6.45) is 6.28. The second kappa shape index (κ2) is 8.15. The number of likely N-dealkylation sites (tertiary alicyclic amines) is 1.